The van der Waals surface area contributed by atoms with E-state index in [1.54, 1.807) is 0 Å². The Hall–Kier alpha value is -4.37. The SMILES string of the molecule is Bc1c(B)c(B)c(-c2c3ccccc3c(-c3ccccc3-n3c(C)nc4ccccc43)c3ccccc23)c(B)c1B. The average molecular weight is 520 g/mol. The van der Waals surface area contributed by atoms with E-state index in [0.29, 0.717) is 0 Å². The lowest BCUT2D eigenvalue weighted by molar-refractivity contribution is 1.00. The van der Waals surface area contributed by atoms with Crippen molar-refractivity contribution < 1.29 is 0 Å². The van der Waals surface area contributed by atoms with Crippen LogP contribution in [0.2, 0.25) is 0 Å². The molecule has 190 valence electrons. The van der Waals surface area contributed by atoms with E-state index in [1.807, 2.05) is 0 Å². The number of benzene rings is 6. The Labute approximate surface area is 245 Å². The van der Waals surface area contributed by atoms with Gasteiger partial charge in [-0.2, -0.15) is 0 Å². The van der Waals surface area contributed by atoms with Gasteiger partial charge in [0.05, 0.1) is 16.7 Å². The molecule has 41 heavy (non-hydrogen) atoms. The molecule has 0 aliphatic rings. The fourth-order valence-electron chi connectivity index (χ4n) is 6.89. The molecule has 0 aliphatic heterocycles. The van der Waals surface area contributed by atoms with Crippen molar-refractivity contribution in [2.24, 2.45) is 0 Å². The summed E-state index contributed by atoms with van der Waals surface area (Å²) in [6, 6.07) is 35.2. The second kappa shape index (κ2) is 9.63. The maximum absolute atomic E-state index is 4.91. The van der Waals surface area contributed by atoms with Crippen LogP contribution in [0.4, 0.5) is 0 Å². The van der Waals surface area contributed by atoms with Crippen molar-refractivity contribution >= 4 is 99.1 Å². The first-order valence-electron chi connectivity index (χ1n) is 14.4. The van der Waals surface area contributed by atoms with Crippen LogP contribution in [0.25, 0.3) is 60.5 Å². The molecule has 2 nitrogen and oxygen atoms in total. The van der Waals surface area contributed by atoms with Gasteiger partial charge in [0.25, 0.3) is 0 Å². The fourth-order valence-corrected chi connectivity index (χ4v) is 6.89. The standard InChI is InChI=1S/C34H29B5N2/c1-18-40-24-15-7-9-17-26(24)41(18)25-16-8-6-14-23(25)27-19-10-2-4-12-21(19)28(22-13-5-3-11-20(22)27)29-30(35)32(37)34(39)33(38)31(29)36/h2-17H,35-39H2,1H3. The van der Waals surface area contributed by atoms with Crippen molar-refractivity contribution in [3.63, 3.8) is 0 Å². The van der Waals surface area contributed by atoms with Crippen molar-refractivity contribution in [3.8, 4) is 27.9 Å². The van der Waals surface area contributed by atoms with E-state index in [2.05, 4.69) is 148 Å². The third-order valence-corrected chi connectivity index (χ3v) is 9.32. The molecule has 1 heterocycles. The van der Waals surface area contributed by atoms with Gasteiger partial charge in [0.15, 0.2) is 0 Å². The minimum atomic E-state index is 0.987. The summed E-state index contributed by atoms with van der Waals surface area (Å²) in [6.45, 7) is 2.10. The van der Waals surface area contributed by atoms with Crippen LogP contribution in [0.1, 0.15) is 5.82 Å². The number of nitrogens with zero attached hydrogens (tertiary/aromatic N) is 2. The van der Waals surface area contributed by atoms with Gasteiger partial charge >= 0.3 is 0 Å². The number of para-hydroxylation sites is 3. The van der Waals surface area contributed by atoms with Gasteiger partial charge in [0.2, 0.25) is 0 Å². The topological polar surface area (TPSA) is 17.8 Å². The molecule has 0 aliphatic carbocycles. The van der Waals surface area contributed by atoms with Crippen LogP contribution in [0.5, 0.6) is 0 Å². The van der Waals surface area contributed by atoms with Crippen molar-refractivity contribution in [1.29, 1.82) is 0 Å². The van der Waals surface area contributed by atoms with Crippen LogP contribution in [-0.2, 0) is 0 Å². The molecule has 0 spiro atoms. The normalized spacial score (nSPS) is 11.5. The fraction of sp³-hybridized carbons (Fsp3) is 0.0294. The Morgan fingerprint density at radius 1 is 0.488 bits per heavy atom. The minimum Gasteiger partial charge on any atom is -0.296 e. The predicted octanol–water partition coefficient (Wildman–Crippen LogP) is 0.266. The molecule has 1 aromatic heterocycles. The highest BCUT2D eigenvalue weighted by Gasteiger charge is 2.22. The highest BCUT2D eigenvalue weighted by atomic mass is 15.1. The minimum absolute atomic E-state index is 0.987. The van der Waals surface area contributed by atoms with Crippen LogP contribution in [0.3, 0.4) is 0 Å². The summed E-state index contributed by atoms with van der Waals surface area (Å²) >= 11 is 0. The maximum Gasteiger partial charge on any atom is 0.139 e. The molecule has 0 amide bonds. The highest BCUT2D eigenvalue weighted by molar-refractivity contribution is 6.69. The maximum atomic E-state index is 4.91. The van der Waals surface area contributed by atoms with Crippen LogP contribution >= 0.6 is 0 Å². The highest BCUT2D eigenvalue weighted by Crippen LogP contribution is 2.44. The quantitative estimate of drug-likeness (QED) is 0.242. The van der Waals surface area contributed by atoms with Crippen molar-refractivity contribution in [1.82, 2.24) is 9.55 Å². The van der Waals surface area contributed by atoms with E-state index in [4.69, 9.17) is 4.98 Å². The number of rotatable bonds is 3. The molecule has 0 saturated heterocycles. The molecule has 0 unspecified atom stereocenters. The van der Waals surface area contributed by atoms with Crippen LogP contribution in [0, 0.1) is 6.92 Å². The Balaban J connectivity index is 1.65. The summed E-state index contributed by atoms with van der Waals surface area (Å²) in [7, 11) is 11.4. The summed E-state index contributed by atoms with van der Waals surface area (Å²) < 4.78 is 2.31. The summed E-state index contributed by atoms with van der Waals surface area (Å²) in [5.74, 6) is 0.987. The van der Waals surface area contributed by atoms with Gasteiger partial charge in [0, 0.05) is 5.56 Å². The van der Waals surface area contributed by atoms with Crippen molar-refractivity contribution in [2.45, 2.75) is 6.92 Å². The van der Waals surface area contributed by atoms with Crippen LogP contribution < -0.4 is 27.3 Å². The molecule has 7 heteroatoms. The van der Waals surface area contributed by atoms with Gasteiger partial charge in [-0.05, 0) is 63.4 Å². The van der Waals surface area contributed by atoms with E-state index in [1.165, 1.54) is 71.1 Å². The van der Waals surface area contributed by atoms with Crippen molar-refractivity contribution in [3.05, 3.63) is 103 Å². The van der Waals surface area contributed by atoms with Gasteiger partial charge in [-0.3, -0.25) is 4.57 Å². The Kier molecular flexibility index (Phi) is 6.01. The average Bonchev–Trinajstić information content (AvgIpc) is 3.34. The van der Waals surface area contributed by atoms with E-state index >= 15 is 0 Å². The predicted molar refractivity (Wildman–Crippen MR) is 193 cm³/mol. The number of aryl methyl sites for hydroxylation is 1. The van der Waals surface area contributed by atoms with Crippen LogP contribution in [0.15, 0.2) is 97.1 Å². The van der Waals surface area contributed by atoms with E-state index in [9.17, 15) is 0 Å². The Morgan fingerprint density at radius 2 is 0.951 bits per heavy atom. The van der Waals surface area contributed by atoms with Crippen molar-refractivity contribution in [2.75, 3.05) is 0 Å². The lowest BCUT2D eigenvalue weighted by atomic mass is 9.59. The number of hydrogen-bond acceptors (Lipinski definition) is 1. The van der Waals surface area contributed by atoms with Gasteiger partial charge in [-0.25, -0.2) is 4.98 Å². The molecule has 7 rings (SSSR count). The molecule has 6 aromatic carbocycles. The van der Waals surface area contributed by atoms with E-state index < -0.39 is 0 Å². The first-order valence-corrected chi connectivity index (χ1v) is 14.4. The van der Waals surface area contributed by atoms with Gasteiger partial charge in [-0.15, -0.1) is 16.4 Å². The smallest absolute Gasteiger partial charge is 0.139 e. The number of fused-ring (bicyclic) bond motifs is 3. The number of hydrogen-bond donors (Lipinski definition) is 0. The second-order valence-corrected chi connectivity index (χ2v) is 11.3. The first-order chi connectivity index (χ1) is 19.9. The molecule has 0 radical (unpaired) electrons. The number of aromatic nitrogens is 2. The first kappa shape index (κ1) is 25.6. The lowest BCUT2D eigenvalue weighted by Gasteiger charge is -2.25. The van der Waals surface area contributed by atoms with Gasteiger partial charge in [0.1, 0.15) is 45.1 Å². The molecular weight excluding hydrogens is 490 g/mol. The summed E-state index contributed by atoms with van der Waals surface area (Å²) in [5, 5.41) is 5.12. The molecule has 0 atom stereocenters. The third-order valence-electron chi connectivity index (χ3n) is 9.32. The monoisotopic (exact) mass is 520 g/mol. The molecule has 7 aromatic rings. The molecular formula is C34H29B5N2. The zero-order chi connectivity index (χ0) is 28.4. The second-order valence-electron chi connectivity index (χ2n) is 11.3. The Morgan fingerprint density at radius 3 is 1.56 bits per heavy atom. The summed E-state index contributed by atoms with van der Waals surface area (Å²) in [4.78, 5) is 4.91. The molecule has 0 saturated carbocycles. The zero-order valence-corrected chi connectivity index (χ0v) is 24.6. The van der Waals surface area contributed by atoms with E-state index in [0.717, 1.165) is 22.5 Å². The molecule has 0 fully saturated rings. The third kappa shape index (κ3) is 3.75. The zero-order valence-electron chi connectivity index (χ0n) is 24.6. The lowest BCUT2D eigenvalue weighted by Crippen LogP contribution is -2.55. The Bertz CT molecular complexity index is 2100. The molecule has 0 bridgehead atoms. The van der Waals surface area contributed by atoms with Gasteiger partial charge in [-0.1, -0.05) is 89.8 Å². The van der Waals surface area contributed by atoms with Gasteiger partial charge < -0.3 is 0 Å². The summed E-state index contributed by atoms with van der Waals surface area (Å²) in [5.41, 5.74) is 15.4. The number of imidazole rings is 1. The molecule has 0 N–H and O–H groups in total. The van der Waals surface area contributed by atoms with E-state index in [-0.39, 0.29) is 0 Å². The summed E-state index contributed by atoms with van der Waals surface area (Å²) in [6.07, 6.45) is 0. The largest absolute Gasteiger partial charge is 0.296 e. The van der Waals surface area contributed by atoms with Crippen LogP contribution in [-0.4, -0.2) is 48.8 Å².